The van der Waals surface area contributed by atoms with Crippen molar-refractivity contribution in [2.45, 2.75) is 128 Å². The quantitative estimate of drug-likeness (QED) is 0.135. The Hall–Kier alpha value is -0.520. The van der Waals surface area contributed by atoms with Crippen LogP contribution in [0.2, 0.25) is 0 Å². The molecule has 0 aromatic heterocycles. The molecule has 1 radical (unpaired) electrons. The molecule has 0 bridgehead atoms. The molecule has 0 heteroatoms. The molecule has 0 rings (SSSR count). The Morgan fingerprint density at radius 3 is 0.840 bits per heavy atom. The number of hydrogen-bond acceptors (Lipinski definition) is 0. The van der Waals surface area contributed by atoms with E-state index in [4.69, 9.17) is 0 Å². The lowest BCUT2D eigenvalue weighted by Crippen LogP contribution is -1.84. The molecule has 0 fully saturated rings. The van der Waals surface area contributed by atoms with E-state index in [1.165, 1.54) is 128 Å². The van der Waals surface area contributed by atoms with Crippen LogP contribution in [-0.4, -0.2) is 0 Å². The van der Waals surface area contributed by atoms with Crippen LogP contribution in [0.25, 0.3) is 0 Å². The van der Waals surface area contributed by atoms with Crippen LogP contribution in [0.5, 0.6) is 0 Å². The molecular weight excluding hydrogens is 300 g/mol. The van der Waals surface area contributed by atoms with Gasteiger partial charge in [-0.05, 0) is 32.1 Å². The molecule has 0 heterocycles. The van der Waals surface area contributed by atoms with Gasteiger partial charge in [-0.15, -0.1) is 13.2 Å². The van der Waals surface area contributed by atoms with Crippen LogP contribution < -0.4 is 0 Å². The van der Waals surface area contributed by atoms with Gasteiger partial charge >= 0.3 is 0 Å². The molecule has 0 saturated heterocycles. The standard InChI is InChI=1S/C25H47/c1-3-5-7-9-11-13-15-17-19-21-23-25-24-22-20-18-16-14-12-10-8-6-4-2/h3-4,25H,1-2,5-24H2. The minimum absolute atomic E-state index is 1.20. The molecule has 25 heavy (non-hydrogen) atoms. The van der Waals surface area contributed by atoms with Crippen LogP contribution in [0, 0.1) is 6.42 Å². The average molecular weight is 348 g/mol. The minimum atomic E-state index is 1.20. The van der Waals surface area contributed by atoms with Crippen molar-refractivity contribution in [1.29, 1.82) is 0 Å². The maximum atomic E-state index is 3.78. The molecule has 0 aliphatic carbocycles. The predicted octanol–water partition coefficient (Wildman–Crippen LogP) is 9.36. The van der Waals surface area contributed by atoms with Gasteiger partial charge in [0.05, 0.1) is 0 Å². The zero-order valence-electron chi connectivity index (χ0n) is 17.3. The van der Waals surface area contributed by atoms with Gasteiger partial charge in [0.25, 0.3) is 0 Å². The summed E-state index contributed by atoms with van der Waals surface area (Å²) in [5.74, 6) is 0. The van der Waals surface area contributed by atoms with Crippen LogP contribution in [0.3, 0.4) is 0 Å². The zero-order valence-corrected chi connectivity index (χ0v) is 17.3. The summed E-state index contributed by atoms with van der Waals surface area (Å²) in [4.78, 5) is 0. The van der Waals surface area contributed by atoms with Gasteiger partial charge in [0, 0.05) is 0 Å². The van der Waals surface area contributed by atoms with Gasteiger partial charge in [-0.2, -0.15) is 0 Å². The first-order chi connectivity index (χ1) is 12.4. The topological polar surface area (TPSA) is 0 Å². The summed E-state index contributed by atoms with van der Waals surface area (Å²) in [5, 5.41) is 0. The zero-order chi connectivity index (χ0) is 18.3. The highest BCUT2D eigenvalue weighted by molar-refractivity contribution is 4.67. The Balaban J connectivity index is 2.96. The van der Waals surface area contributed by atoms with Gasteiger partial charge in [-0.25, -0.2) is 0 Å². The predicted molar refractivity (Wildman–Crippen MR) is 117 cm³/mol. The van der Waals surface area contributed by atoms with Gasteiger partial charge in [-0.3, -0.25) is 0 Å². The van der Waals surface area contributed by atoms with Crippen LogP contribution in [0.15, 0.2) is 25.3 Å². The number of allylic oxidation sites excluding steroid dienone is 2. The van der Waals surface area contributed by atoms with Gasteiger partial charge in [0.2, 0.25) is 0 Å². The Bertz CT molecular complexity index is 227. The second kappa shape index (κ2) is 23.5. The van der Waals surface area contributed by atoms with Gasteiger partial charge in [-0.1, -0.05) is 115 Å². The highest BCUT2D eigenvalue weighted by Crippen LogP contribution is 2.14. The molecule has 0 aliphatic heterocycles. The number of hydrogen-bond donors (Lipinski definition) is 0. The van der Waals surface area contributed by atoms with E-state index in [0.29, 0.717) is 0 Å². The molecule has 0 atom stereocenters. The summed E-state index contributed by atoms with van der Waals surface area (Å²) in [7, 11) is 0. The van der Waals surface area contributed by atoms with E-state index in [1.807, 2.05) is 12.2 Å². The van der Waals surface area contributed by atoms with Gasteiger partial charge in [0.15, 0.2) is 0 Å². The van der Waals surface area contributed by atoms with E-state index in [-0.39, 0.29) is 0 Å². The Morgan fingerprint density at radius 1 is 0.320 bits per heavy atom. The average Bonchev–Trinajstić information content (AvgIpc) is 2.63. The van der Waals surface area contributed by atoms with Gasteiger partial charge in [0.1, 0.15) is 0 Å². The fraction of sp³-hybridized carbons (Fsp3) is 0.800. The molecule has 0 N–H and O–H groups in total. The monoisotopic (exact) mass is 347 g/mol. The number of unbranched alkanes of at least 4 members (excludes halogenated alkanes) is 20. The van der Waals surface area contributed by atoms with E-state index < -0.39 is 0 Å². The first-order valence-corrected chi connectivity index (χ1v) is 11.4. The highest BCUT2D eigenvalue weighted by Gasteiger charge is 1.95. The largest absolute Gasteiger partial charge is 0.103 e. The first-order valence-electron chi connectivity index (χ1n) is 11.4. The molecule has 0 spiro atoms. The summed E-state index contributed by atoms with van der Waals surface area (Å²) in [5.41, 5.74) is 0. The van der Waals surface area contributed by atoms with Crippen molar-refractivity contribution < 1.29 is 0 Å². The lowest BCUT2D eigenvalue weighted by Gasteiger charge is -2.03. The lowest BCUT2D eigenvalue weighted by atomic mass is 10.0. The van der Waals surface area contributed by atoms with Crippen LogP contribution in [0.1, 0.15) is 128 Å². The molecule has 0 aliphatic rings. The lowest BCUT2D eigenvalue weighted by molar-refractivity contribution is 0.554. The Labute approximate surface area is 160 Å². The van der Waals surface area contributed by atoms with Crippen molar-refractivity contribution in [2.24, 2.45) is 0 Å². The van der Waals surface area contributed by atoms with Crippen molar-refractivity contribution in [3.8, 4) is 0 Å². The summed E-state index contributed by atoms with van der Waals surface area (Å²) in [6.07, 6.45) is 34.4. The van der Waals surface area contributed by atoms with Crippen molar-refractivity contribution in [3.05, 3.63) is 31.7 Å². The fourth-order valence-corrected chi connectivity index (χ4v) is 3.42. The van der Waals surface area contributed by atoms with E-state index >= 15 is 0 Å². The smallest absolute Gasteiger partial charge is 0.0353 e. The first kappa shape index (κ1) is 24.5. The number of rotatable bonds is 22. The Kier molecular flexibility index (Phi) is 23.0. The Morgan fingerprint density at radius 2 is 0.560 bits per heavy atom. The van der Waals surface area contributed by atoms with E-state index in [2.05, 4.69) is 19.6 Å². The highest BCUT2D eigenvalue weighted by atomic mass is 14.0. The van der Waals surface area contributed by atoms with E-state index in [0.717, 1.165) is 0 Å². The van der Waals surface area contributed by atoms with Crippen LogP contribution in [0.4, 0.5) is 0 Å². The van der Waals surface area contributed by atoms with Gasteiger partial charge < -0.3 is 0 Å². The summed E-state index contributed by atoms with van der Waals surface area (Å²) in [6, 6.07) is 0. The maximum Gasteiger partial charge on any atom is -0.0353 e. The van der Waals surface area contributed by atoms with Crippen molar-refractivity contribution in [1.82, 2.24) is 0 Å². The van der Waals surface area contributed by atoms with Crippen LogP contribution in [-0.2, 0) is 0 Å². The third kappa shape index (κ3) is 23.5. The third-order valence-corrected chi connectivity index (χ3v) is 5.13. The fourth-order valence-electron chi connectivity index (χ4n) is 3.42. The van der Waals surface area contributed by atoms with Crippen molar-refractivity contribution >= 4 is 0 Å². The molecular formula is C25H47. The normalized spacial score (nSPS) is 10.9. The summed E-state index contributed by atoms with van der Waals surface area (Å²) >= 11 is 0. The molecule has 0 unspecified atom stereocenters. The van der Waals surface area contributed by atoms with Crippen LogP contribution >= 0.6 is 0 Å². The molecule has 0 saturated carbocycles. The summed E-state index contributed by atoms with van der Waals surface area (Å²) in [6.45, 7) is 7.55. The third-order valence-electron chi connectivity index (χ3n) is 5.13. The molecule has 0 aromatic rings. The molecule has 0 aromatic carbocycles. The minimum Gasteiger partial charge on any atom is -0.103 e. The van der Waals surface area contributed by atoms with E-state index in [9.17, 15) is 0 Å². The van der Waals surface area contributed by atoms with Crippen molar-refractivity contribution in [3.63, 3.8) is 0 Å². The SMILES string of the molecule is C=CCCCCCCCCCC[CH]CCCCCCCCCCC=C. The molecule has 147 valence electrons. The summed E-state index contributed by atoms with van der Waals surface area (Å²) < 4.78 is 0. The van der Waals surface area contributed by atoms with Crippen molar-refractivity contribution in [2.75, 3.05) is 0 Å². The second-order valence-corrected chi connectivity index (χ2v) is 7.68. The van der Waals surface area contributed by atoms with E-state index in [1.54, 1.807) is 0 Å². The molecule has 0 nitrogen and oxygen atoms in total. The maximum absolute atomic E-state index is 3.78. The molecule has 0 amide bonds. The second-order valence-electron chi connectivity index (χ2n) is 7.68.